The van der Waals surface area contributed by atoms with Gasteiger partial charge in [-0.2, -0.15) is 4.98 Å². The molecule has 0 fully saturated rings. The summed E-state index contributed by atoms with van der Waals surface area (Å²) in [7, 11) is 1.49. The van der Waals surface area contributed by atoms with Crippen LogP contribution in [0.4, 0.5) is 5.82 Å². The van der Waals surface area contributed by atoms with Gasteiger partial charge in [-0.25, -0.2) is 9.97 Å². The van der Waals surface area contributed by atoms with E-state index in [4.69, 9.17) is 10.3 Å². The molecule has 0 saturated carbocycles. The number of carbonyl (C=O) groups excluding carboxylic acids is 1. The van der Waals surface area contributed by atoms with E-state index in [0.29, 0.717) is 29.7 Å². The van der Waals surface area contributed by atoms with Crippen molar-refractivity contribution in [1.82, 2.24) is 25.4 Å². The zero-order valence-corrected chi connectivity index (χ0v) is 11.5. The second kappa shape index (κ2) is 5.64. The van der Waals surface area contributed by atoms with Crippen LogP contribution in [0.25, 0.3) is 11.5 Å². The number of rotatable bonds is 4. The highest BCUT2D eigenvalue weighted by Gasteiger charge is 2.16. The molecule has 20 heavy (non-hydrogen) atoms. The highest BCUT2D eigenvalue weighted by molar-refractivity contribution is 5.96. The fraction of sp³-hybridized carbons (Fsp3) is 0.417. The maximum absolute atomic E-state index is 11.6. The number of nitrogens with one attached hydrogen (secondary N) is 1. The van der Waals surface area contributed by atoms with Crippen molar-refractivity contribution in [3.63, 3.8) is 0 Å². The van der Waals surface area contributed by atoms with Crippen LogP contribution in [0.1, 0.15) is 30.2 Å². The minimum Gasteiger partial charge on any atom is -0.382 e. The van der Waals surface area contributed by atoms with Gasteiger partial charge in [-0.15, -0.1) is 0 Å². The fourth-order valence-corrected chi connectivity index (χ4v) is 1.58. The fourth-order valence-electron chi connectivity index (χ4n) is 1.58. The van der Waals surface area contributed by atoms with Crippen LogP contribution in [0.3, 0.4) is 0 Å². The van der Waals surface area contributed by atoms with Gasteiger partial charge in [-0.05, 0) is 5.92 Å². The molecule has 0 aromatic carbocycles. The Balaban J connectivity index is 2.33. The Kier molecular flexibility index (Phi) is 3.92. The second-order valence-electron chi connectivity index (χ2n) is 4.68. The van der Waals surface area contributed by atoms with Gasteiger partial charge in [0.1, 0.15) is 5.69 Å². The highest BCUT2D eigenvalue weighted by Crippen LogP contribution is 2.16. The summed E-state index contributed by atoms with van der Waals surface area (Å²) < 4.78 is 5.13. The van der Waals surface area contributed by atoms with E-state index >= 15 is 0 Å². The highest BCUT2D eigenvalue weighted by atomic mass is 16.5. The van der Waals surface area contributed by atoms with Gasteiger partial charge in [-0.3, -0.25) is 4.79 Å². The Morgan fingerprint density at radius 1 is 1.45 bits per heavy atom. The maximum Gasteiger partial charge on any atom is 0.273 e. The van der Waals surface area contributed by atoms with E-state index < -0.39 is 5.91 Å². The molecule has 8 nitrogen and oxygen atoms in total. The van der Waals surface area contributed by atoms with Gasteiger partial charge in [0, 0.05) is 13.5 Å². The Morgan fingerprint density at radius 3 is 2.85 bits per heavy atom. The lowest BCUT2D eigenvalue weighted by Crippen LogP contribution is -2.21. The average Bonchev–Trinajstić information content (AvgIpc) is 2.86. The number of amides is 1. The van der Waals surface area contributed by atoms with Gasteiger partial charge in [-0.1, -0.05) is 19.0 Å². The van der Waals surface area contributed by atoms with E-state index in [9.17, 15) is 4.79 Å². The molecule has 8 heteroatoms. The lowest BCUT2D eigenvalue weighted by Gasteiger charge is -2.03. The SMILES string of the molecule is CNC(=O)c1nc(-c2noc(CC(C)C)n2)cnc1N. The molecule has 0 aliphatic heterocycles. The van der Waals surface area contributed by atoms with E-state index in [2.05, 4.69) is 39.3 Å². The minimum atomic E-state index is -0.414. The first-order chi connectivity index (χ1) is 9.51. The number of nitrogens with two attached hydrogens (primary N) is 1. The first kappa shape index (κ1) is 13.9. The third-order valence-corrected chi connectivity index (χ3v) is 2.52. The number of hydrogen-bond acceptors (Lipinski definition) is 7. The summed E-state index contributed by atoms with van der Waals surface area (Å²) in [6, 6.07) is 0. The van der Waals surface area contributed by atoms with Crippen molar-refractivity contribution < 1.29 is 9.32 Å². The standard InChI is InChI=1S/C12H16N6O2/c1-6(2)4-8-17-11(18-20-8)7-5-15-10(13)9(16-7)12(19)14-3/h5-6H,4H2,1-3H3,(H2,13,15)(H,14,19). The molecule has 0 radical (unpaired) electrons. The normalized spacial score (nSPS) is 10.8. The topological polar surface area (TPSA) is 120 Å². The number of anilines is 1. The van der Waals surface area contributed by atoms with Crippen LogP contribution in [-0.4, -0.2) is 33.1 Å². The van der Waals surface area contributed by atoms with Gasteiger partial charge in [0.25, 0.3) is 5.91 Å². The molecule has 2 rings (SSSR count). The zero-order chi connectivity index (χ0) is 14.7. The summed E-state index contributed by atoms with van der Waals surface area (Å²) in [6.45, 7) is 4.10. The predicted molar refractivity (Wildman–Crippen MR) is 71.7 cm³/mol. The molecule has 2 heterocycles. The monoisotopic (exact) mass is 276 g/mol. The van der Waals surface area contributed by atoms with E-state index in [-0.39, 0.29) is 11.5 Å². The Hall–Kier alpha value is -2.51. The molecule has 1 amide bonds. The van der Waals surface area contributed by atoms with Crippen LogP contribution in [-0.2, 0) is 6.42 Å². The quantitative estimate of drug-likeness (QED) is 0.841. The molecular formula is C12H16N6O2. The van der Waals surface area contributed by atoms with Crippen molar-refractivity contribution in [3.05, 3.63) is 17.8 Å². The van der Waals surface area contributed by atoms with E-state index in [0.717, 1.165) is 0 Å². The maximum atomic E-state index is 11.6. The molecule has 0 aliphatic carbocycles. The van der Waals surface area contributed by atoms with E-state index in [1.165, 1.54) is 13.2 Å². The summed E-state index contributed by atoms with van der Waals surface area (Å²) in [5.41, 5.74) is 6.00. The number of nitrogen functional groups attached to an aromatic ring is 1. The Labute approximate surface area is 115 Å². The lowest BCUT2D eigenvalue weighted by molar-refractivity contribution is 0.0959. The number of nitrogens with zero attached hydrogens (tertiary/aromatic N) is 4. The van der Waals surface area contributed by atoms with Gasteiger partial charge in [0.2, 0.25) is 11.7 Å². The molecule has 0 unspecified atom stereocenters. The first-order valence-electron chi connectivity index (χ1n) is 6.18. The van der Waals surface area contributed by atoms with Crippen LogP contribution in [0.5, 0.6) is 0 Å². The number of hydrogen-bond donors (Lipinski definition) is 2. The Bertz CT molecular complexity index is 622. The van der Waals surface area contributed by atoms with Crippen molar-refractivity contribution in [2.45, 2.75) is 20.3 Å². The molecule has 3 N–H and O–H groups in total. The Morgan fingerprint density at radius 2 is 2.20 bits per heavy atom. The van der Waals surface area contributed by atoms with Crippen molar-refractivity contribution >= 4 is 11.7 Å². The number of carbonyl (C=O) groups is 1. The molecule has 106 valence electrons. The van der Waals surface area contributed by atoms with Crippen LogP contribution >= 0.6 is 0 Å². The van der Waals surface area contributed by atoms with Crippen molar-refractivity contribution in [2.24, 2.45) is 5.92 Å². The van der Waals surface area contributed by atoms with Crippen molar-refractivity contribution in [2.75, 3.05) is 12.8 Å². The van der Waals surface area contributed by atoms with Crippen LogP contribution in [0.15, 0.2) is 10.7 Å². The molecule has 0 aliphatic rings. The molecular weight excluding hydrogens is 260 g/mol. The summed E-state index contributed by atoms with van der Waals surface area (Å²) in [6.07, 6.45) is 2.09. The third kappa shape index (κ3) is 2.90. The average molecular weight is 276 g/mol. The third-order valence-electron chi connectivity index (χ3n) is 2.52. The van der Waals surface area contributed by atoms with Gasteiger partial charge in [0.05, 0.1) is 6.20 Å². The lowest BCUT2D eigenvalue weighted by atomic mass is 10.1. The molecule has 0 bridgehead atoms. The summed E-state index contributed by atoms with van der Waals surface area (Å²) in [4.78, 5) is 23.9. The first-order valence-corrected chi connectivity index (χ1v) is 6.18. The minimum absolute atomic E-state index is 0.0419. The summed E-state index contributed by atoms with van der Waals surface area (Å²) >= 11 is 0. The molecule has 2 aromatic rings. The van der Waals surface area contributed by atoms with Gasteiger partial charge in [0.15, 0.2) is 11.5 Å². The second-order valence-corrected chi connectivity index (χ2v) is 4.68. The smallest absolute Gasteiger partial charge is 0.273 e. The van der Waals surface area contributed by atoms with Crippen LogP contribution < -0.4 is 11.1 Å². The van der Waals surface area contributed by atoms with Crippen LogP contribution in [0, 0.1) is 5.92 Å². The van der Waals surface area contributed by atoms with Gasteiger partial charge < -0.3 is 15.6 Å². The molecule has 0 spiro atoms. The summed E-state index contributed by atoms with van der Waals surface area (Å²) in [5, 5.41) is 6.28. The van der Waals surface area contributed by atoms with E-state index in [1.807, 2.05) is 0 Å². The molecule has 0 saturated heterocycles. The predicted octanol–water partition coefficient (Wildman–Crippen LogP) is 0.667. The zero-order valence-electron chi connectivity index (χ0n) is 11.5. The van der Waals surface area contributed by atoms with E-state index in [1.54, 1.807) is 0 Å². The number of aromatic nitrogens is 4. The molecule has 0 atom stereocenters. The largest absolute Gasteiger partial charge is 0.382 e. The van der Waals surface area contributed by atoms with Crippen molar-refractivity contribution in [3.8, 4) is 11.5 Å². The molecule has 2 aromatic heterocycles. The van der Waals surface area contributed by atoms with Gasteiger partial charge >= 0.3 is 0 Å². The summed E-state index contributed by atoms with van der Waals surface area (Å²) in [5.74, 6) is 0.859. The van der Waals surface area contributed by atoms with Crippen LogP contribution in [0.2, 0.25) is 0 Å². The van der Waals surface area contributed by atoms with Crippen molar-refractivity contribution in [1.29, 1.82) is 0 Å².